The van der Waals surface area contributed by atoms with E-state index >= 15 is 0 Å². The van der Waals surface area contributed by atoms with Gasteiger partial charge in [0.1, 0.15) is 0 Å². The molecule has 0 radical (unpaired) electrons. The topological polar surface area (TPSA) is 83.1 Å². The van der Waals surface area contributed by atoms with Crippen LogP contribution in [0.4, 0.5) is 5.69 Å². The van der Waals surface area contributed by atoms with Crippen molar-refractivity contribution in [2.24, 2.45) is 5.92 Å². The van der Waals surface area contributed by atoms with Gasteiger partial charge in [0.05, 0.1) is 5.92 Å². The lowest BCUT2D eigenvalue weighted by Gasteiger charge is -2.09. The Kier molecular flexibility index (Phi) is 9.69. The molecule has 2 heterocycles. The van der Waals surface area contributed by atoms with Crippen LogP contribution in [0.5, 0.6) is 0 Å². The summed E-state index contributed by atoms with van der Waals surface area (Å²) in [5, 5.41) is 8.67. The molecule has 1 aliphatic rings. The van der Waals surface area contributed by atoms with Gasteiger partial charge in [-0.2, -0.15) is 0 Å². The third kappa shape index (κ3) is 6.75. The molecule has 0 spiro atoms. The zero-order chi connectivity index (χ0) is 13.5. The molecule has 1 saturated heterocycles. The molecule has 0 bridgehead atoms. The van der Waals surface area contributed by atoms with Crippen molar-refractivity contribution in [3.05, 3.63) is 24.5 Å². The standard InChI is InChI=1S/C13H18N4O2.2ClH/c18-12(17-11-2-6-14-7-3-11)4-8-16-13(19)10-1-5-15-9-10;;/h2-3,6-7,10,15H,1,4-5,8-9H2,(H,16,19)(H,14,17,18);2*1H. The molecule has 0 aliphatic carbocycles. The number of anilines is 1. The average molecular weight is 335 g/mol. The van der Waals surface area contributed by atoms with E-state index in [1.54, 1.807) is 24.5 Å². The van der Waals surface area contributed by atoms with E-state index in [1.165, 1.54) is 0 Å². The van der Waals surface area contributed by atoms with Crippen molar-refractivity contribution in [1.29, 1.82) is 0 Å². The Balaban J connectivity index is 0.00000200. The zero-order valence-electron chi connectivity index (χ0n) is 11.5. The van der Waals surface area contributed by atoms with Crippen molar-refractivity contribution in [3.63, 3.8) is 0 Å². The smallest absolute Gasteiger partial charge is 0.226 e. The fourth-order valence-corrected chi connectivity index (χ4v) is 1.98. The minimum atomic E-state index is -0.115. The fraction of sp³-hybridized carbons (Fsp3) is 0.462. The number of carbonyl (C=O) groups excluding carboxylic acids is 2. The third-order valence-corrected chi connectivity index (χ3v) is 3.05. The molecule has 8 heteroatoms. The summed E-state index contributed by atoms with van der Waals surface area (Å²) >= 11 is 0. The summed E-state index contributed by atoms with van der Waals surface area (Å²) in [5.74, 6) is -0.0407. The van der Waals surface area contributed by atoms with E-state index in [9.17, 15) is 9.59 Å². The Morgan fingerprint density at radius 3 is 2.62 bits per heavy atom. The van der Waals surface area contributed by atoms with Crippen molar-refractivity contribution < 1.29 is 9.59 Å². The van der Waals surface area contributed by atoms with Crippen molar-refractivity contribution >= 4 is 42.3 Å². The van der Waals surface area contributed by atoms with Gasteiger partial charge in [0.15, 0.2) is 0 Å². The molecule has 6 nitrogen and oxygen atoms in total. The first-order valence-electron chi connectivity index (χ1n) is 6.44. The molecule has 1 aromatic rings. The molecule has 1 aliphatic heterocycles. The lowest BCUT2D eigenvalue weighted by Crippen LogP contribution is -2.34. The molecule has 0 aromatic carbocycles. The molecule has 0 saturated carbocycles. The normalized spacial score (nSPS) is 16.3. The van der Waals surface area contributed by atoms with Crippen molar-refractivity contribution in [3.8, 4) is 0 Å². The molecule has 1 aromatic heterocycles. The first kappa shape index (κ1) is 19.6. The maximum Gasteiger partial charge on any atom is 0.226 e. The second-order valence-corrected chi connectivity index (χ2v) is 4.51. The van der Waals surface area contributed by atoms with Gasteiger partial charge < -0.3 is 16.0 Å². The lowest BCUT2D eigenvalue weighted by atomic mass is 10.1. The van der Waals surface area contributed by atoms with Crippen LogP contribution in [0, 0.1) is 5.92 Å². The Labute approximate surface area is 136 Å². The molecular formula is C13H20Cl2N4O2. The van der Waals surface area contributed by atoms with Gasteiger partial charge in [-0.15, -0.1) is 24.8 Å². The number of hydrogen-bond donors (Lipinski definition) is 3. The van der Waals surface area contributed by atoms with Crippen LogP contribution in [0.3, 0.4) is 0 Å². The monoisotopic (exact) mass is 334 g/mol. The first-order valence-corrected chi connectivity index (χ1v) is 6.44. The highest BCUT2D eigenvalue weighted by atomic mass is 35.5. The van der Waals surface area contributed by atoms with Crippen LogP contribution in [-0.2, 0) is 9.59 Å². The van der Waals surface area contributed by atoms with E-state index in [-0.39, 0.29) is 49.0 Å². The van der Waals surface area contributed by atoms with Gasteiger partial charge in [-0.05, 0) is 25.1 Å². The van der Waals surface area contributed by atoms with Gasteiger partial charge in [-0.1, -0.05) is 0 Å². The Morgan fingerprint density at radius 2 is 2.00 bits per heavy atom. The Morgan fingerprint density at radius 1 is 1.29 bits per heavy atom. The van der Waals surface area contributed by atoms with E-state index in [2.05, 4.69) is 20.9 Å². The molecule has 1 atom stereocenters. The number of nitrogens with one attached hydrogen (secondary N) is 3. The number of carbonyl (C=O) groups is 2. The van der Waals surface area contributed by atoms with Gasteiger partial charge in [0.25, 0.3) is 0 Å². The van der Waals surface area contributed by atoms with Gasteiger partial charge >= 0.3 is 0 Å². The van der Waals surface area contributed by atoms with E-state index in [0.717, 1.165) is 19.5 Å². The maximum atomic E-state index is 11.7. The predicted octanol–water partition coefficient (Wildman–Crippen LogP) is 0.979. The minimum absolute atomic E-state index is 0. The molecule has 1 fully saturated rings. The van der Waals surface area contributed by atoms with Crippen molar-refractivity contribution in [2.45, 2.75) is 12.8 Å². The predicted molar refractivity (Wildman–Crippen MR) is 86.0 cm³/mol. The van der Waals surface area contributed by atoms with Gasteiger partial charge in [0, 0.05) is 37.6 Å². The van der Waals surface area contributed by atoms with E-state index < -0.39 is 0 Å². The molecule has 21 heavy (non-hydrogen) atoms. The number of hydrogen-bond acceptors (Lipinski definition) is 4. The highest BCUT2D eigenvalue weighted by molar-refractivity contribution is 5.91. The van der Waals surface area contributed by atoms with Gasteiger partial charge in [-0.3, -0.25) is 14.6 Å². The lowest BCUT2D eigenvalue weighted by molar-refractivity contribution is -0.124. The van der Waals surface area contributed by atoms with E-state index in [4.69, 9.17) is 0 Å². The Bertz CT molecular complexity index is 439. The van der Waals surface area contributed by atoms with Crippen LogP contribution >= 0.6 is 24.8 Å². The number of amides is 2. The number of pyridine rings is 1. The maximum absolute atomic E-state index is 11.7. The molecule has 2 amide bonds. The van der Waals surface area contributed by atoms with Gasteiger partial charge in [0.2, 0.25) is 11.8 Å². The van der Waals surface area contributed by atoms with E-state index in [0.29, 0.717) is 12.2 Å². The average Bonchev–Trinajstić information content (AvgIpc) is 2.93. The quantitative estimate of drug-likeness (QED) is 0.749. The molecular weight excluding hydrogens is 315 g/mol. The summed E-state index contributed by atoms with van der Waals surface area (Å²) in [6, 6.07) is 3.45. The first-order chi connectivity index (χ1) is 9.25. The second-order valence-electron chi connectivity index (χ2n) is 4.51. The third-order valence-electron chi connectivity index (χ3n) is 3.05. The zero-order valence-corrected chi connectivity index (χ0v) is 13.1. The molecule has 118 valence electrons. The summed E-state index contributed by atoms with van der Waals surface area (Å²) in [7, 11) is 0. The summed E-state index contributed by atoms with van der Waals surface area (Å²) in [4.78, 5) is 27.2. The Hall–Kier alpha value is -1.37. The molecule has 1 unspecified atom stereocenters. The van der Waals surface area contributed by atoms with Crippen LogP contribution in [-0.4, -0.2) is 36.4 Å². The summed E-state index contributed by atoms with van der Waals surface area (Å²) < 4.78 is 0. The summed E-state index contributed by atoms with van der Waals surface area (Å²) in [6.45, 7) is 1.99. The van der Waals surface area contributed by atoms with Crippen LogP contribution in [0.2, 0.25) is 0 Å². The van der Waals surface area contributed by atoms with Crippen LogP contribution in [0.15, 0.2) is 24.5 Å². The SMILES string of the molecule is Cl.Cl.O=C(CCNC(=O)C1CCNC1)Nc1ccncc1. The largest absolute Gasteiger partial charge is 0.355 e. The number of nitrogens with zero attached hydrogens (tertiary/aromatic N) is 1. The van der Waals surface area contributed by atoms with E-state index in [1.807, 2.05) is 0 Å². The van der Waals surface area contributed by atoms with Crippen LogP contribution in [0.25, 0.3) is 0 Å². The van der Waals surface area contributed by atoms with Crippen molar-refractivity contribution in [2.75, 3.05) is 25.0 Å². The summed E-state index contributed by atoms with van der Waals surface area (Å²) in [6.07, 6.45) is 4.37. The highest BCUT2D eigenvalue weighted by Crippen LogP contribution is 2.07. The number of rotatable bonds is 5. The number of aromatic nitrogens is 1. The fourth-order valence-electron chi connectivity index (χ4n) is 1.98. The van der Waals surface area contributed by atoms with Gasteiger partial charge in [-0.25, -0.2) is 0 Å². The highest BCUT2D eigenvalue weighted by Gasteiger charge is 2.21. The molecule has 2 rings (SSSR count). The summed E-state index contributed by atoms with van der Waals surface area (Å²) in [5.41, 5.74) is 0.714. The van der Waals surface area contributed by atoms with Crippen molar-refractivity contribution in [1.82, 2.24) is 15.6 Å². The van der Waals surface area contributed by atoms with Crippen LogP contribution < -0.4 is 16.0 Å². The second kappa shape index (κ2) is 10.4. The van der Waals surface area contributed by atoms with Crippen LogP contribution in [0.1, 0.15) is 12.8 Å². The molecule has 3 N–H and O–H groups in total. The number of halogens is 2. The minimum Gasteiger partial charge on any atom is -0.355 e.